The van der Waals surface area contributed by atoms with E-state index in [1.165, 1.54) is 6.20 Å². The minimum atomic E-state index is -3.51. The number of hydrogen-bond donors (Lipinski definition) is 1. The van der Waals surface area contributed by atoms with Gasteiger partial charge in [0.25, 0.3) is 0 Å². The highest BCUT2D eigenvalue weighted by Gasteiger charge is 2.25. The quantitative estimate of drug-likeness (QED) is 0.338. The summed E-state index contributed by atoms with van der Waals surface area (Å²) in [6.07, 6.45) is 3.11. The Morgan fingerprint density at radius 2 is 1.90 bits per heavy atom. The topological polar surface area (TPSA) is 87.7 Å². The van der Waals surface area contributed by atoms with E-state index in [1.807, 2.05) is 13.8 Å². The van der Waals surface area contributed by atoms with Crippen molar-refractivity contribution in [3.8, 4) is 5.75 Å². The molecular weight excluding hydrogens is 534 g/mol. The molecule has 39 heavy (non-hydrogen) atoms. The van der Waals surface area contributed by atoms with Gasteiger partial charge in [-0.3, -0.25) is 0 Å². The Balaban J connectivity index is 1.61. The van der Waals surface area contributed by atoms with Crippen LogP contribution in [0.2, 0.25) is 5.02 Å². The van der Waals surface area contributed by atoms with E-state index < -0.39 is 15.1 Å². The van der Waals surface area contributed by atoms with E-state index >= 15 is 0 Å². The van der Waals surface area contributed by atoms with Crippen LogP contribution in [-0.2, 0) is 16.3 Å². The molecule has 0 saturated carbocycles. The fourth-order valence-electron chi connectivity index (χ4n) is 4.59. The van der Waals surface area contributed by atoms with Gasteiger partial charge in [-0.05, 0) is 66.4 Å². The molecule has 8 nitrogen and oxygen atoms in total. The number of aromatic nitrogens is 2. The molecule has 1 aliphatic rings. The van der Waals surface area contributed by atoms with Gasteiger partial charge in [0.2, 0.25) is 0 Å². The van der Waals surface area contributed by atoms with Crippen LogP contribution in [0, 0.1) is 0 Å². The van der Waals surface area contributed by atoms with E-state index in [0.717, 1.165) is 36.5 Å². The second-order valence-electron chi connectivity index (χ2n) is 10.7. The van der Waals surface area contributed by atoms with Gasteiger partial charge >= 0.3 is 0 Å². The standard InChI is InChI=1S/C29H38ClN5O3S/c1-19(2)38-26-16-22(35-14-13-23(18-35)34(5)6)12-11-21(26)15-28-31-17-24(30)29(33-28)32-25-9-7-8-10-27(25)39(36,37)20(3)4/h7-12,16-17,19-20,23H,13-15,18H2,1-6H3,(H,31,32,33)/t23-/m0/s1. The van der Waals surface area contributed by atoms with Crippen LogP contribution in [0.15, 0.2) is 53.6 Å². The van der Waals surface area contributed by atoms with Crippen LogP contribution in [-0.4, -0.2) is 67.9 Å². The number of para-hydroxylation sites is 1. The molecule has 0 unspecified atom stereocenters. The average Bonchev–Trinajstić information content (AvgIpc) is 3.38. The van der Waals surface area contributed by atoms with Gasteiger partial charge in [-0.2, -0.15) is 0 Å². The zero-order chi connectivity index (χ0) is 28.3. The predicted octanol–water partition coefficient (Wildman–Crippen LogP) is 5.57. The number of nitrogens with zero attached hydrogens (tertiary/aromatic N) is 4. The molecule has 1 saturated heterocycles. The maximum atomic E-state index is 12.9. The summed E-state index contributed by atoms with van der Waals surface area (Å²) in [4.78, 5) is 14.0. The molecule has 3 aromatic rings. The maximum Gasteiger partial charge on any atom is 0.182 e. The molecule has 10 heteroatoms. The van der Waals surface area contributed by atoms with Gasteiger partial charge in [0.1, 0.15) is 16.6 Å². The molecule has 1 fully saturated rings. The van der Waals surface area contributed by atoms with E-state index in [-0.39, 0.29) is 11.0 Å². The van der Waals surface area contributed by atoms with Crippen molar-refractivity contribution in [3.05, 3.63) is 65.1 Å². The minimum absolute atomic E-state index is 0.00914. The molecule has 0 spiro atoms. The number of hydrogen-bond acceptors (Lipinski definition) is 8. The molecule has 0 amide bonds. The van der Waals surface area contributed by atoms with Gasteiger partial charge in [0.15, 0.2) is 15.7 Å². The molecule has 2 aromatic carbocycles. The minimum Gasteiger partial charge on any atom is -0.491 e. The first kappa shape index (κ1) is 29.1. The highest BCUT2D eigenvalue weighted by Crippen LogP contribution is 2.33. The highest BCUT2D eigenvalue weighted by molar-refractivity contribution is 7.92. The Hall–Kier alpha value is -2.88. The van der Waals surface area contributed by atoms with Crippen molar-refractivity contribution in [2.24, 2.45) is 0 Å². The summed E-state index contributed by atoms with van der Waals surface area (Å²) in [7, 11) is 0.745. The summed E-state index contributed by atoms with van der Waals surface area (Å²) >= 11 is 6.44. The number of halogens is 1. The summed E-state index contributed by atoms with van der Waals surface area (Å²) in [6.45, 7) is 9.34. The molecule has 1 aliphatic heterocycles. The monoisotopic (exact) mass is 571 g/mol. The lowest BCUT2D eigenvalue weighted by Crippen LogP contribution is -2.31. The molecule has 210 valence electrons. The molecule has 4 rings (SSSR count). The van der Waals surface area contributed by atoms with Crippen LogP contribution >= 0.6 is 11.6 Å². The van der Waals surface area contributed by atoms with E-state index in [9.17, 15) is 8.42 Å². The number of likely N-dealkylation sites (N-methyl/N-ethyl adjacent to an activating group) is 1. The summed E-state index contributed by atoms with van der Waals surface area (Å²) in [5.74, 6) is 1.70. The molecule has 0 radical (unpaired) electrons. The van der Waals surface area contributed by atoms with E-state index in [4.69, 9.17) is 16.3 Å². The number of benzene rings is 2. The number of anilines is 3. The first-order valence-corrected chi connectivity index (χ1v) is 15.2. The third-order valence-electron chi connectivity index (χ3n) is 6.88. The maximum absolute atomic E-state index is 12.9. The highest BCUT2D eigenvalue weighted by atomic mass is 35.5. The second-order valence-corrected chi connectivity index (χ2v) is 13.6. The Labute approximate surface area is 237 Å². The Morgan fingerprint density at radius 3 is 2.56 bits per heavy atom. The smallest absolute Gasteiger partial charge is 0.182 e. The summed E-state index contributed by atoms with van der Waals surface area (Å²) in [6, 6.07) is 13.6. The van der Waals surface area contributed by atoms with Crippen molar-refractivity contribution in [3.63, 3.8) is 0 Å². The van der Waals surface area contributed by atoms with Crippen LogP contribution < -0.4 is 15.0 Å². The van der Waals surface area contributed by atoms with Crippen molar-refractivity contribution < 1.29 is 13.2 Å². The molecule has 1 atom stereocenters. The lowest BCUT2D eigenvalue weighted by atomic mass is 10.1. The Kier molecular flexibility index (Phi) is 9.03. The number of sulfone groups is 1. The van der Waals surface area contributed by atoms with Crippen molar-refractivity contribution in [1.82, 2.24) is 14.9 Å². The van der Waals surface area contributed by atoms with Crippen LogP contribution in [0.25, 0.3) is 0 Å². The third-order valence-corrected chi connectivity index (χ3v) is 9.37. The SMILES string of the molecule is CC(C)Oc1cc(N2CC[C@H](N(C)C)C2)ccc1Cc1ncc(Cl)c(Nc2ccccc2S(=O)(=O)C(C)C)n1. The molecule has 0 aliphatic carbocycles. The summed E-state index contributed by atoms with van der Waals surface area (Å²) in [5, 5.41) is 2.87. The fourth-order valence-corrected chi connectivity index (χ4v) is 5.93. The number of rotatable bonds is 10. The van der Waals surface area contributed by atoms with Crippen molar-refractivity contribution >= 4 is 38.6 Å². The van der Waals surface area contributed by atoms with Crippen molar-refractivity contribution in [2.45, 2.75) is 62.8 Å². The molecule has 1 aromatic heterocycles. The number of ether oxygens (including phenoxy) is 1. The third kappa shape index (κ3) is 6.83. The molecule has 2 heterocycles. The first-order chi connectivity index (χ1) is 18.5. The van der Waals surface area contributed by atoms with Crippen molar-refractivity contribution in [1.29, 1.82) is 0 Å². The summed E-state index contributed by atoms with van der Waals surface area (Å²) in [5.41, 5.74) is 2.53. The molecular formula is C29H38ClN5O3S. The van der Waals surface area contributed by atoms with Crippen LogP contribution in [0.5, 0.6) is 5.75 Å². The van der Waals surface area contributed by atoms with Gasteiger partial charge in [-0.25, -0.2) is 18.4 Å². The fraction of sp³-hybridized carbons (Fsp3) is 0.448. The zero-order valence-corrected chi connectivity index (χ0v) is 25.1. The molecule has 1 N–H and O–H groups in total. The Morgan fingerprint density at radius 1 is 1.15 bits per heavy atom. The van der Waals surface area contributed by atoms with Gasteiger partial charge in [0.05, 0.1) is 28.1 Å². The number of nitrogens with one attached hydrogen (secondary N) is 1. The Bertz CT molecular complexity index is 1410. The van der Waals surface area contributed by atoms with Gasteiger partial charge < -0.3 is 19.9 Å². The predicted molar refractivity (Wildman–Crippen MR) is 158 cm³/mol. The zero-order valence-electron chi connectivity index (χ0n) is 23.5. The molecule has 0 bridgehead atoms. The van der Waals surface area contributed by atoms with Crippen molar-refractivity contribution in [2.75, 3.05) is 37.4 Å². The average molecular weight is 572 g/mol. The lowest BCUT2D eigenvalue weighted by Gasteiger charge is -2.23. The van der Waals surface area contributed by atoms with Gasteiger partial charge in [0, 0.05) is 42.9 Å². The normalized spacial score (nSPS) is 15.9. The largest absolute Gasteiger partial charge is 0.491 e. The van der Waals surface area contributed by atoms with E-state index in [0.29, 0.717) is 34.8 Å². The van der Waals surface area contributed by atoms with Crippen LogP contribution in [0.1, 0.15) is 45.5 Å². The van der Waals surface area contributed by atoms with Crippen LogP contribution in [0.3, 0.4) is 0 Å². The second kappa shape index (κ2) is 12.1. The van der Waals surface area contributed by atoms with E-state index in [2.05, 4.69) is 57.4 Å². The first-order valence-electron chi connectivity index (χ1n) is 13.3. The lowest BCUT2D eigenvalue weighted by molar-refractivity contribution is 0.240. The summed E-state index contributed by atoms with van der Waals surface area (Å²) < 4.78 is 32.0. The van der Waals surface area contributed by atoms with Gasteiger partial charge in [-0.1, -0.05) is 29.8 Å². The van der Waals surface area contributed by atoms with Gasteiger partial charge in [-0.15, -0.1) is 0 Å². The van der Waals surface area contributed by atoms with E-state index in [1.54, 1.807) is 38.1 Å². The van der Waals surface area contributed by atoms with Crippen LogP contribution in [0.4, 0.5) is 17.2 Å².